The molecule has 30 heteroatoms. The van der Waals surface area contributed by atoms with Crippen LogP contribution in [-0.4, -0.2) is 141 Å². The highest BCUT2D eigenvalue weighted by molar-refractivity contribution is 6.40. The van der Waals surface area contributed by atoms with Crippen molar-refractivity contribution < 1.29 is 67.3 Å². The van der Waals surface area contributed by atoms with E-state index in [2.05, 4.69) is 94.0 Å². The van der Waals surface area contributed by atoms with Gasteiger partial charge in [-0.05, 0) is 231 Å². The first-order valence-electron chi connectivity index (χ1n) is 36.5. The van der Waals surface area contributed by atoms with Gasteiger partial charge >= 0.3 is 47.4 Å². The third-order valence-corrected chi connectivity index (χ3v) is 18.9. The number of hydrogen-bond donors (Lipinski definition) is 9. The predicted octanol–water partition coefficient (Wildman–Crippen LogP) is 9.01. The second-order valence-corrected chi connectivity index (χ2v) is 30.5. The van der Waals surface area contributed by atoms with Crippen molar-refractivity contribution in [2.75, 3.05) is 57.3 Å². The van der Waals surface area contributed by atoms with Gasteiger partial charge in [0.25, 0.3) is 0 Å². The zero-order valence-corrected chi connectivity index (χ0v) is 63.3. The molecule has 574 valence electrons. The smallest absolute Gasteiger partial charge is 0.394 e. The van der Waals surface area contributed by atoms with E-state index in [-0.39, 0.29) is 60.2 Å². The first kappa shape index (κ1) is 80.9. The van der Waals surface area contributed by atoms with E-state index in [0.717, 1.165) is 71.8 Å². The van der Waals surface area contributed by atoms with Crippen LogP contribution in [0.15, 0.2) is 73.6 Å². The minimum absolute atomic E-state index is 0.0102. The maximum absolute atomic E-state index is 13.3. The van der Waals surface area contributed by atoms with Crippen LogP contribution in [0.5, 0.6) is 0 Å². The Morgan fingerprint density at radius 3 is 1.22 bits per heavy atom. The third-order valence-electron chi connectivity index (χ3n) is 18.9. The Labute approximate surface area is 627 Å². The number of piperidine rings is 3. The molecule has 3 saturated heterocycles. The summed E-state index contributed by atoms with van der Waals surface area (Å²) >= 11 is 0. The number of aromatic nitrogens is 6. The Kier molecular flexibility index (Phi) is 26.6. The van der Waals surface area contributed by atoms with E-state index in [1.54, 1.807) is 103 Å². The molecule has 30 nitrogen and oxygen atoms in total. The van der Waals surface area contributed by atoms with Gasteiger partial charge in [0.15, 0.2) is 0 Å². The summed E-state index contributed by atoms with van der Waals surface area (Å²) in [5, 5.41) is 27.9. The lowest BCUT2D eigenvalue weighted by Crippen LogP contribution is -2.46. The van der Waals surface area contributed by atoms with E-state index in [0.29, 0.717) is 115 Å². The molecule has 0 aliphatic carbocycles. The zero-order chi connectivity index (χ0) is 78.5. The van der Waals surface area contributed by atoms with Crippen LogP contribution in [-0.2, 0) is 94.3 Å². The molecule has 3 fully saturated rings. The van der Waals surface area contributed by atoms with Gasteiger partial charge < -0.3 is 67.3 Å². The molecule has 0 spiro atoms. The van der Waals surface area contributed by atoms with Gasteiger partial charge in [0, 0.05) is 57.0 Å². The largest absolute Gasteiger partial charge is 0.474 e. The minimum atomic E-state index is -1.58. The Bertz CT molecular complexity index is 4430. The molecule has 12 heterocycles. The van der Waals surface area contributed by atoms with Gasteiger partial charge in [0.2, 0.25) is 17.7 Å². The Morgan fingerprint density at radius 2 is 0.852 bits per heavy atom. The van der Waals surface area contributed by atoms with E-state index < -0.39 is 52.7 Å². The monoisotopic (exact) mass is 1480 g/mol. The van der Waals surface area contributed by atoms with Crippen LogP contribution < -0.4 is 43.0 Å². The summed E-state index contributed by atoms with van der Waals surface area (Å²) in [6.45, 7) is 24.5. The topological polar surface area (TPSA) is 421 Å². The highest BCUT2D eigenvalue weighted by Gasteiger charge is 2.38. The molecule has 6 aliphatic heterocycles. The molecule has 8 amide bonds. The molecule has 12 rings (SSSR count). The molecular formula is C78H98N16O14. The number of carboxylic acids is 1. The number of nitrogens with two attached hydrogens (primary N) is 1. The molecule has 0 aromatic carbocycles. The number of anilines is 7. The van der Waals surface area contributed by atoms with Crippen molar-refractivity contribution >= 4 is 105 Å². The number of ether oxygens (including phenoxy) is 2. The van der Waals surface area contributed by atoms with Gasteiger partial charge in [-0.15, -0.1) is 0 Å². The van der Waals surface area contributed by atoms with E-state index in [1.807, 2.05) is 18.3 Å². The van der Waals surface area contributed by atoms with E-state index in [9.17, 15) is 52.7 Å². The number of pyridine rings is 6. The summed E-state index contributed by atoms with van der Waals surface area (Å²) in [4.78, 5) is 161. The van der Waals surface area contributed by atoms with Crippen molar-refractivity contribution in [1.29, 1.82) is 0 Å². The number of likely N-dealkylation sites (tertiary alicyclic amines) is 2. The second-order valence-electron chi connectivity index (χ2n) is 30.5. The number of nitrogens with one attached hydrogen (secondary N) is 7. The number of carboxylic acid groups (broad SMARTS) is 1. The van der Waals surface area contributed by atoms with Crippen LogP contribution in [0.2, 0.25) is 0 Å². The summed E-state index contributed by atoms with van der Waals surface area (Å²) in [5.41, 5.74) is 14.8. The molecule has 10 N–H and O–H groups in total. The average molecular weight is 1480 g/mol. The molecule has 0 radical (unpaired) electrons. The summed E-state index contributed by atoms with van der Waals surface area (Å²) in [5.74, 6) is -2.61. The lowest BCUT2D eigenvalue weighted by atomic mass is 9.89. The SMILES string of the molecule is C[C@@H]1CC[C@@H](c2cnc3c(c2)CCC(=O)N3)NC1.Cc1cc(NC(=O)C(=O)N2C[C@H](C)CC[C@H]2c2cnc3c(c2)CCC(=O)N3)cnc1CC(=O)OC(C)(C)C.Cc1cc(NC(=O)C(=O)N2C[C@H](C)CC[C@H]2c2cnc3c(c2)CCC(=O)N3)cnc1N.Cc1cc(NC(=O)C(=O)O)cnc1CC(=O)OC(C)(C)C. The van der Waals surface area contributed by atoms with Crippen molar-refractivity contribution in [2.45, 2.75) is 202 Å². The number of esters is 2. The molecule has 6 aromatic heterocycles. The number of rotatable bonds is 10. The van der Waals surface area contributed by atoms with Gasteiger partial charge in [0.1, 0.15) is 34.5 Å². The second kappa shape index (κ2) is 35.5. The summed E-state index contributed by atoms with van der Waals surface area (Å²) in [6.07, 6.45) is 18.7. The Morgan fingerprint density at radius 1 is 0.481 bits per heavy atom. The van der Waals surface area contributed by atoms with Gasteiger partial charge in [-0.3, -0.25) is 57.9 Å². The number of nitrogens with zero attached hydrogens (tertiary/aromatic N) is 8. The van der Waals surface area contributed by atoms with Gasteiger partial charge in [0.05, 0.1) is 72.0 Å². The van der Waals surface area contributed by atoms with Crippen molar-refractivity contribution in [3.8, 4) is 0 Å². The minimum Gasteiger partial charge on any atom is -0.474 e. The normalized spacial score (nSPS) is 19.4. The number of fused-ring (bicyclic) bond motifs is 3. The molecular weight excluding hydrogens is 1380 g/mol. The summed E-state index contributed by atoms with van der Waals surface area (Å²) in [6, 6.07) is 11.0. The molecule has 0 bridgehead atoms. The highest BCUT2D eigenvalue weighted by atomic mass is 16.6. The lowest BCUT2D eigenvalue weighted by Gasteiger charge is -2.38. The standard InChI is InChI=1S/C28H35N5O5.C22H26N6O3.C14H19N3O.C14H18N2O5/c1-16-6-8-22(19-11-18-7-9-23(34)32-25(18)30-13-19)33(15-16)27(37)26(36)31-20-10-17(2)21(29-14-20)12-24(35)38-28(3,4)5;1-12-3-5-17(15-8-14-4-6-18(29)27-20(14)25-9-15)28(11-12)22(31)21(30)26-16-7-13(2)19(23)24-10-16;1-9-2-4-12(15-7-9)11-6-10-3-5-13(18)17-14(10)16-8-11;1-8-5-9(16-12(18)13(19)20)7-15-10(8)6-11(17)21-14(2,3)4/h10-11,13-14,16,22H,6-9,12,15H2,1-5H3,(H,31,36)(H,30,32,34);7-10,12,17H,3-6,11H2,1-2H3,(H2,23,24)(H,26,30)(H,25,27,29);6,8-9,12,15H,2-5,7H2,1H3,(H,16,17,18);5,7H,6H2,1-4H3,(H,16,18)(H,19,20)/t16-,22+;12-,17+;9-,12+;/m111./s1. The number of amides is 8. The van der Waals surface area contributed by atoms with Crippen molar-refractivity contribution in [3.63, 3.8) is 0 Å². The average Bonchev–Trinajstić information content (AvgIpc) is 0.798. The first-order chi connectivity index (χ1) is 51.0. The molecule has 6 aliphatic rings. The fourth-order valence-electron chi connectivity index (χ4n) is 13.3. The number of nitrogen functional groups attached to an aromatic ring is 1. The molecule has 6 atom stereocenters. The highest BCUT2D eigenvalue weighted by Crippen LogP contribution is 2.38. The van der Waals surface area contributed by atoms with Crippen LogP contribution in [0.1, 0.15) is 200 Å². The lowest BCUT2D eigenvalue weighted by molar-refractivity contribution is -0.155. The van der Waals surface area contributed by atoms with Crippen LogP contribution >= 0.6 is 0 Å². The van der Waals surface area contributed by atoms with Gasteiger partial charge in [-0.25, -0.2) is 24.7 Å². The fraction of sp³-hybridized carbons (Fsp3) is 0.474. The fourth-order valence-corrected chi connectivity index (χ4v) is 13.3. The third kappa shape index (κ3) is 22.7. The summed E-state index contributed by atoms with van der Waals surface area (Å²) in [7, 11) is 0. The number of aliphatic carboxylic acids is 1. The zero-order valence-electron chi connectivity index (χ0n) is 63.3. The van der Waals surface area contributed by atoms with Gasteiger partial charge in [-0.1, -0.05) is 20.8 Å². The van der Waals surface area contributed by atoms with Crippen LogP contribution in [0.3, 0.4) is 0 Å². The summed E-state index contributed by atoms with van der Waals surface area (Å²) < 4.78 is 10.6. The van der Waals surface area contributed by atoms with Crippen molar-refractivity contribution in [2.24, 2.45) is 17.8 Å². The molecule has 108 heavy (non-hydrogen) atoms. The molecule has 6 aromatic rings. The first-order valence-corrected chi connectivity index (χ1v) is 36.5. The van der Waals surface area contributed by atoms with E-state index in [4.69, 9.17) is 20.3 Å². The maximum Gasteiger partial charge on any atom is 0.394 e. The van der Waals surface area contributed by atoms with Crippen LogP contribution in [0.4, 0.5) is 40.3 Å². The van der Waals surface area contributed by atoms with Gasteiger partial charge in [-0.2, -0.15) is 0 Å². The van der Waals surface area contributed by atoms with Crippen LogP contribution in [0, 0.1) is 38.5 Å². The number of hydrogen-bond acceptors (Lipinski definition) is 21. The maximum atomic E-state index is 13.3. The van der Waals surface area contributed by atoms with E-state index >= 15 is 0 Å². The van der Waals surface area contributed by atoms with Crippen molar-refractivity contribution in [1.82, 2.24) is 45.0 Å². The molecule has 0 unspecified atom stereocenters. The Hall–Kier alpha value is -11.2. The number of carbonyl (C=O) groups excluding carboxylic acids is 10. The van der Waals surface area contributed by atoms with E-state index in [1.165, 1.54) is 42.6 Å². The number of aryl methyl sites for hydroxylation is 6. The van der Waals surface area contributed by atoms with Crippen molar-refractivity contribution in [3.05, 3.63) is 135 Å². The predicted molar refractivity (Wildman–Crippen MR) is 402 cm³/mol. The Balaban J connectivity index is 0.000000173. The molecule has 0 saturated carbocycles. The quantitative estimate of drug-likeness (QED) is 0.0456. The van der Waals surface area contributed by atoms with Crippen LogP contribution in [0.25, 0.3) is 0 Å². The number of carbonyl (C=O) groups is 11.